The van der Waals surface area contributed by atoms with E-state index in [1.54, 1.807) is 0 Å². The number of nitrogens with one attached hydrogen (secondary N) is 1. The first kappa shape index (κ1) is 11.7. The van der Waals surface area contributed by atoms with Crippen molar-refractivity contribution in [3.63, 3.8) is 0 Å². The Morgan fingerprint density at radius 1 is 1.00 bits per heavy atom. The van der Waals surface area contributed by atoms with Crippen LogP contribution in [0.25, 0.3) is 6.08 Å². The second-order valence-electron chi connectivity index (χ2n) is 5.42. The maximum absolute atomic E-state index is 4.92. The van der Waals surface area contributed by atoms with Crippen LogP contribution in [0.2, 0.25) is 0 Å². The van der Waals surface area contributed by atoms with Gasteiger partial charge in [-0.1, -0.05) is 54.6 Å². The molecule has 2 aromatic rings. The van der Waals surface area contributed by atoms with E-state index in [-0.39, 0.29) is 6.04 Å². The summed E-state index contributed by atoms with van der Waals surface area (Å²) in [6.07, 6.45) is 5.54. The minimum absolute atomic E-state index is 0.186. The smallest absolute Gasteiger partial charge is 0.0885 e. The van der Waals surface area contributed by atoms with E-state index in [2.05, 4.69) is 66.0 Å². The number of nitrogens with zero attached hydrogens (tertiary/aromatic N) is 1. The molecular weight excluding hydrogens is 244 g/mol. The molecule has 0 fully saturated rings. The third-order valence-electron chi connectivity index (χ3n) is 4.19. The molecule has 2 heteroatoms. The summed E-state index contributed by atoms with van der Waals surface area (Å²) in [4.78, 5) is 0. The molecule has 0 amide bonds. The molecular formula is C18H17N2. The topological polar surface area (TPSA) is 26.1 Å². The van der Waals surface area contributed by atoms with Crippen LogP contribution >= 0.6 is 0 Å². The number of fused-ring (bicyclic) bond motifs is 2. The van der Waals surface area contributed by atoms with Crippen LogP contribution in [0.15, 0.2) is 54.6 Å². The van der Waals surface area contributed by atoms with E-state index in [0.717, 1.165) is 18.7 Å². The third kappa shape index (κ3) is 1.93. The van der Waals surface area contributed by atoms with Gasteiger partial charge in [-0.2, -0.15) is 0 Å². The van der Waals surface area contributed by atoms with Gasteiger partial charge in [0, 0.05) is 0 Å². The fourth-order valence-corrected chi connectivity index (χ4v) is 3.18. The lowest BCUT2D eigenvalue weighted by Gasteiger charge is -2.33. The lowest BCUT2D eigenvalue weighted by Crippen LogP contribution is -2.40. The van der Waals surface area contributed by atoms with Gasteiger partial charge in [0.2, 0.25) is 0 Å². The number of rotatable bonds is 1. The number of hydrogen-bond acceptors (Lipinski definition) is 1. The average Bonchev–Trinajstić information content (AvgIpc) is 2.54. The predicted octanol–water partition coefficient (Wildman–Crippen LogP) is 3.20. The fraction of sp³-hybridized carbons (Fsp3) is 0.222. The van der Waals surface area contributed by atoms with Gasteiger partial charge in [0.1, 0.15) is 0 Å². The maximum Gasteiger partial charge on any atom is 0.0885 e. The number of para-hydroxylation sites is 1. The average molecular weight is 261 g/mol. The minimum Gasteiger partial charge on any atom is -0.308 e. The van der Waals surface area contributed by atoms with Crippen molar-refractivity contribution in [3.05, 3.63) is 71.3 Å². The summed E-state index contributed by atoms with van der Waals surface area (Å²) in [5.74, 6) is 0. The van der Waals surface area contributed by atoms with Gasteiger partial charge in [0.15, 0.2) is 0 Å². The van der Waals surface area contributed by atoms with Crippen molar-refractivity contribution >= 4 is 11.8 Å². The van der Waals surface area contributed by atoms with E-state index in [0.29, 0.717) is 6.04 Å². The molecule has 2 heterocycles. The third-order valence-corrected chi connectivity index (χ3v) is 4.19. The second-order valence-corrected chi connectivity index (χ2v) is 5.42. The standard InChI is InChI=1S/C18H17N2/c1-3-7-15-13(5-1)11-12-19-18(15)17-10-9-14-6-2-4-8-16(14)20-17/h1-10,17-19H,11-12H2. The highest BCUT2D eigenvalue weighted by atomic mass is 15.0. The highest BCUT2D eigenvalue weighted by Crippen LogP contribution is 2.31. The lowest BCUT2D eigenvalue weighted by atomic mass is 9.88. The molecule has 0 aliphatic carbocycles. The Kier molecular flexibility index (Phi) is 2.82. The summed E-state index contributed by atoms with van der Waals surface area (Å²) in [5, 5.41) is 8.55. The first-order valence-corrected chi connectivity index (χ1v) is 7.21. The van der Waals surface area contributed by atoms with Crippen molar-refractivity contribution in [1.29, 1.82) is 0 Å². The zero-order valence-corrected chi connectivity index (χ0v) is 11.3. The molecule has 0 bridgehead atoms. The second kappa shape index (κ2) is 4.80. The van der Waals surface area contributed by atoms with E-state index in [1.165, 1.54) is 16.7 Å². The summed E-state index contributed by atoms with van der Waals surface area (Å²) < 4.78 is 0. The molecule has 99 valence electrons. The van der Waals surface area contributed by atoms with E-state index >= 15 is 0 Å². The highest BCUT2D eigenvalue weighted by Gasteiger charge is 2.28. The Morgan fingerprint density at radius 2 is 1.85 bits per heavy atom. The van der Waals surface area contributed by atoms with Crippen molar-refractivity contribution in [2.24, 2.45) is 0 Å². The molecule has 2 aliphatic heterocycles. The highest BCUT2D eigenvalue weighted by molar-refractivity contribution is 5.66. The summed E-state index contributed by atoms with van der Waals surface area (Å²) in [5.41, 5.74) is 5.17. The molecule has 2 nitrogen and oxygen atoms in total. The molecule has 0 aromatic heterocycles. The van der Waals surface area contributed by atoms with Crippen LogP contribution in [0.3, 0.4) is 0 Å². The van der Waals surface area contributed by atoms with Crippen LogP contribution in [0.5, 0.6) is 0 Å². The van der Waals surface area contributed by atoms with Crippen LogP contribution in [-0.2, 0) is 6.42 Å². The van der Waals surface area contributed by atoms with Crippen molar-refractivity contribution in [3.8, 4) is 0 Å². The molecule has 2 unspecified atom stereocenters. The van der Waals surface area contributed by atoms with Gasteiger partial charge in [-0.05, 0) is 35.7 Å². The Balaban J connectivity index is 1.68. The quantitative estimate of drug-likeness (QED) is 0.838. The largest absolute Gasteiger partial charge is 0.308 e. The monoisotopic (exact) mass is 261 g/mol. The predicted molar refractivity (Wildman–Crippen MR) is 81.9 cm³/mol. The van der Waals surface area contributed by atoms with Crippen molar-refractivity contribution in [2.45, 2.75) is 18.5 Å². The van der Waals surface area contributed by atoms with Gasteiger partial charge in [-0.3, -0.25) is 5.32 Å². The molecule has 2 aromatic carbocycles. The summed E-state index contributed by atoms with van der Waals surface area (Å²) >= 11 is 0. The van der Waals surface area contributed by atoms with Crippen LogP contribution < -0.4 is 10.6 Å². The van der Waals surface area contributed by atoms with Crippen molar-refractivity contribution in [1.82, 2.24) is 10.6 Å². The van der Waals surface area contributed by atoms with Gasteiger partial charge >= 0.3 is 0 Å². The first-order chi connectivity index (χ1) is 9.92. The minimum atomic E-state index is 0.186. The van der Waals surface area contributed by atoms with Crippen LogP contribution in [0.1, 0.15) is 22.7 Å². The molecule has 1 radical (unpaired) electrons. The van der Waals surface area contributed by atoms with Gasteiger partial charge in [-0.15, -0.1) is 0 Å². The summed E-state index contributed by atoms with van der Waals surface area (Å²) in [7, 11) is 0. The molecule has 2 aliphatic rings. The SMILES string of the molecule is C1=CC(C2NCCc3ccccc32)[N]c2ccccc21. The van der Waals surface area contributed by atoms with Crippen LogP contribution in [0.4, 0.5) is 5.69 Å². The van der Waals surface area contributed by atoms with E-state index in [1.807, 2.05) is 0 Å². The molecule has 4 rings (SSSR count). The lowest BCUT2D eigenvalue weighted by molar-refractivity contribution is 0.435. The van der Waals surface area contributed by atoms with Gasteiger partial charge < -0.3 is 5.32 Å². The molecule has 1 N–H and O–H groups in total. The van der Waals surface area contributed by atoms with E-state index in [4.69, 9.17) is 5.32 Å². The Morgan fingerprint density at radius 3 is 2.85 bits per heavy atom. The van der Waals surface area contributed by atoms with Gasteiger partial charge in [0.25, 0.3) is 0 Å². The molecule has 0 saturated heterocycles. The van der Waals surface area contributed by atoms with E-state index < -0.39 is 0 Å². The normalized spacial score (nSPS) is 23.6. The molecule has 0 saturated carbocycles. The zero-order valence-electron chi connectivity index (χ0n) is 11.3. The fourth-order valence-electron chi connectivity index (χ4n) is 3.18. The van der Waals surface area contributed by atoms with Gasteiger partial charge in [0.05, 0.1) is 17.8 Å². The van der Waals surface area contributed by atoms with Gasteiger partial charge in [-0.25, -0.2) is 0 Å². The summed E-state index contributed by atoms with van der Waals surface area (Å²) in [6.45, 7) is 1.03. The molecule has 20 heavy (non-hydrogen) atoms. The number of hydrogen-bond donors (Lipinski definition) is 1. The molecule has 0 spiro atoms. The maximum atomic E-state index is 4.92. The van der Waals surface area contributed by atoms with Crippen molar-refractivity contribution in [2.75, 3.05) is 6.54 Å². The Bertz CT molecular complexity index is 660. The molecule has 2 atom stereocenters. The first-order valence-electron chi connectivity index (χ1n) is 7.21. The zero-order chi connectivity index (χ0) is 13.4. The van der Waals surface area contributed by atoms with Crippen molar-refractivity contribution < 1.29 is 0 Å². The van der Waals surface area contributed by atoms with Crippen LogP contribution in [-0.4, -0.2) is 12.6 Å². The van der Waals surface area contributed by atoms with Crippen LogP contribution in [0, 0.1) is 0 Å². The Labute approximate surface area is 119 Å². The number of benzene rings is 2. The summed E-state index contributed by atoms with van der Waals surface area (Å²) in [6, 6.07) is 17.5. The van der Waals surface area contributed by atoms with E-state index in [9.17, 15) is 0 Å². The Hall–Kier alpha value is -2.06.